The van der Waals surface area contributed by atoms with E-state index in [0.717, 1.165) is 19.1 Å². The maximum Gasteiger partial charge on any atom is 0.235 e. The SMILES string of the molecule is CC(=O)N[C@H]1CC[C@@H](C(=O)NCCC(=O)NS(C)(=O)=O)CC1. The van der Waals surface area contributed by atoms with Crippen molar-refractivity contribution in [2.45, 2.75) is 45.1 Å². The molecule has 8 nitrogen and oxygen atoms in total. The largest absolute Gasteiger partial charge is 0.355 e. The van der Waals surface area contributed by atoms with Crippen LogP contribution in [0.4, 0.5) is 0 Å². The van der Waals surface area contributed by atoms with Crippen molar-refractivity contribution < 1.29 is 22.8 Å². The van der Waals surface area contributed by atoms with Crippen molar-refractivity contribution in [3.05, 3.63) is 0 Å². The predicted molar refractivity (Wildman–Crippen MR) is 80.2 cm³/mol. The molecular formula is C13H23N3O5S. The van der Waals surface area contributed by atoms with Gasteiger partial charge in [0.05, 0.1) is 6.26 Å². The lowest BCUT2D eigenvalue weighted by molar-refractivity contribution is -0.126. The molecule has 0 aromatic rings. The molecule has 9 heteroatoms. The Hall–Kier alpha value is -1.64. The van der Waals surface area contributed by atoms with Crippen LogP contribution in [0.1, 0.15) is 39.0 Å². The van der Waals surface area contributed by atoms with Crippen LogP contribution >= 0.6 is 0 Å². The Morgan fingerprint density at radius 2 is 1.68 bits per heavy atom. The molecule has 1 rings (SSSR count). The second-order valence-electron chi connectivity index (χ2n) is 5.59. The van der Waals surface area contributed by atoms with E-state index in [1.807, 2.05) is 4.72 Å². The lowest BCUT2D eigenvalue weighted by Gasteiger charge is -2.28. The molecule has 126 valence electrons. The fraction of sp³-hybridized carbons (Fsp3) is 0.769. The fourth-order valence-corrected chi connectivity index (χ4v) is 3.00. The standard InChI is InChI=1S/C13H23N3O5S/c1-9(17)15-11-5-3-10(4-6-11)13(19)14-8-7-12(18)16-22(2,20)21/h10-11H,3-8H2,1-2H3,(H,14,19)(H,15,17)(H,16,18)/t10-,11+. The maximum absolute atomic E-state index is 11.9. The van der Waals surface area contributed by atoms with Crippen molar-refractivity contribution in [2.75, 3.05) is 12.8 Å². The first-order chi connectivity index (χ1) is 10.2. The number of nitrogens with one attached hydrogen (secondary N) is 3. The molecule has 0 spiro atoms. The summed E-state index contributed by atoms with van der Waals surface area (Å²) in [6.45, 7) is 1.58. The molecule has 0 aromatic heterocycles. The highest BCUT2D eigenvalue weighted by atomic mass is 32.2. The third-order valence-corrected chi connectivity index (χ3v) is 4.05. The highest BCUT2D eigenvalue weighted by Crippen LogP contribution is 2.24. The van der Waals surface area contributed by atoms with E-state index in [4.69, 9.17) is 0 Å². The first-order valence-electron chi connectivity index (χ1n) is 7.23. The van der Waals surface area contributed by atoms with Gasteiger partial charge in [-0.05, 0) is 25.7 Å². The van der Waals surface area contributed by atoms with Gasteiger partial charge in [-0.3, -0.25) is 19.1 Å². The Kier molecular flexibility index (Phi) is 6.79. The van der Waals surface area contributed by atoms with Gasteiger partial charge in [-0.2, -0.15) is 0 Å². The quantitative estimate of drug-likeness (QED) is 0.591. The van der Waals surface area contributed by atoms with Gasteiger partial charge >= 0.3 is 0 Å². The number of hydrogen-bond acceptors (Lipinski definition) is 5. The van der Waals surface area contributed by atoms with E-state index in [2.05, 4.69) is 10.6 Å². The van der Waals surface area contributed by atoms with E-state index in [9.17, 15) is 22.8 Å². The molecule has 1 aliphatic carbocycles. The summed E-state index contributed by atoms with van der Waals surface area (Å²) in [7, 11) is -3.56. The number of sulfonamides is 1. The van der Waals surface area contributed by atoms with Crippen molar-refractivity contribution in [1.82, 2.24) is 15.4 Å². The van der Waals surface area contributed by atoms with Crippen molar-refractivity contribution in [1.29, 1.82) is 0 Å². The first kappa shape index (κ1) is 18.4. The second kappa shape index (κ2) is 8.11. The van der Waals surface area contributed by atoms with Crippen LogP contribution in [0, 0.1) is 5.92 Å². The molecule has 22 heavy (non-hydrogen) atoms. The summed E-state index contributed by atoms with van der Waals surface area (Å²) in [5.41, 5.74) is 0. The van der Waals surface area contributed by atoms with E-state index < -0.39 is 15.9 Å². The third kappa shape index (κ3) is 7.39. The van der Waals surface area contributed by atoms with E-state index in [1.165, 1.54) is 6.92 Å². The van der Waals surface area contributed by atoms with Gasteiger partial charge in [0.1, 0.15) is 0 Å². The molecule has 0 unspecified atom stereocenters. The average Bonchev–Trinajstić information content (AvgIpc) is 2.36. The number of carbonyl (C=O) groups excluding carboxylic acids is 3. The van der Waals surface area contributed by atoms with Gasteiger partial charge in [0.25, 0.3) is 0 Å². The smallest absolute Gasteiger partial charge is 0.235 e. The van der Waals surface area contributed by atoms with Crippen molar-refractivity contribution in [2.24, 2.45) is 5.92 Å². The molecule has 1 saturated carbocycles. The van der Waals surface area contributed by atoms with Gasteiger partial charge < -0.3 is 10.6 Å². The van der Waals surface area contributed by atoms with Gasteiger partial charge in [-0.25, -0.2) is 8.42 Å². The van der Waals surface area contributed by atoms with E-state index in [0.29, 0.717) is 12.8 Å². The zero-order valence-corrected chi connectivity index (χ0v) is 13.7. The normalized spacial score (nSPS) is 21.7. The molecule has 3 N–H and O–H groups in total. The summed E-state index contributed by atoms with van der Waals surface area (Å²) >= 11 is 0. The number of carbonyl (C=O) groups is 3. The summed E-state index contributed by atoms with van der Waals surface area (Å²) in [5, 5.41) is 5.48. The molecule has 1 aliphatic rings. The molecule has 0 heterocycles. The second-order valence-corrected chi connectivity index (χ2v) is 7.34. The van der Waals surface area contributed by atoms with Crippen molar-refractivity contribution in [3.8, 4) is 0 Å². The molecule has 3 amide bonds. The summed E-state index contributed by atoms with van der Waals surface area (Å²) < 4.78 is 23.5. The van der Waals surface area contributed by atoms with Crippen LogP contribution in [0.25, 0.3) is 0 Å². The highest BCUT2D eigenvalue weighted by Gasteiger charge is 2.26. The van der Waals surface area contributed by atoms with Crippen LogP contribution in [-0.4, -0.2) is 45.0 Å². The van der Waals surface area contributed by atoms with E-state index in [1.54, 1.807) is 0 Å². The zero-order valence-electron chi connectivity index (χ0n) is 12.8. The van der Waals surface area contributed by atoms with E-state index >= 15 is 0 Å². The van der Waals surface area contributed by atoms with Gasteiger partial charge in [0, 0.05) is 31.8 Å². The molecule has 0 atom stereocenters. The van der Waals surface area contributed by atoms with Gasteiger partial charge in [0.2, 0.25) is 27.7 Å². The minimum Gasteiger partial charge on any atom is -0.355 e. The lowest BCUT2D eigenvalue weighted by Crippen LogP contribution is -2.41. The molecule has 0 saturated heterocycles. The average molecular weight is 333 g/mol. The summed E-state index contributed by atoms with van der Waals surface area (Å²) in [4.78, 5) is 34.2. The molecule has 0 aliphatic heterocycles. The molecule has 0 bridgehead atoms. The number of amides is 3. The predicted octanol–water partition coefficient (Wildman–Crippen LogP) is -0.737. The number of rotatable bonds is 6. The van der Waals surface area contributed by atoms with Crippen LogP contribution in [0.2, 0.25) is 0 Å². The molecule has 0 radical (unpaired) electrons. The van der Waals surface area contributed by atoms with Gasteiger partial charge in [0.15, 0.2) is 0 Å². The summed E-state index contributed by atoms with van der Waals surface area (Å²) in [6.07, 6.45) is 3.70. The van der Waals surface area contributed by atoms with Crippen LogP contribution in [-0.2, 0) is 24.4 Å². The number of hydrogen-bond donors (Lipinski definition) is 3. The van der Waals surface area contributed by atoms with Crippen LogP contribution < -0.4 is 15.4 Å². The Morgan fingerprint density at radius 1 is 1.09 bits per heavy atom. The Balaban J connectivity index is 2.24. The Morgan fingerprint density at radius 3 is 2.18 bits per heavy atom. The van der Waals surface area contributed by atoms with Crippen molar-refractivity contribution in [3.63, 3.8) is 0 Å². The Bertz CT molecular complexity index is 524. The van der Waals surface area contributed by atoms with Crippen LogP contribution in [0.3, 0.4) is 0 Å². The van der Waals surface area contributed by atoms with Gasteiger partial charge in [-0.15, -0.1) is 0 Å². The van der Waals surface area contributed by atoms with E-state index in [-0.39, 0.29) is 36.7 Å². The first-order valence-corrected chi connectivity index (χ1v) is 9.12. The van der Waals surface area contributed by atoms with Crippen molar-refractivity contribution >= 4 is 27.7 Å². The maximum atomic E-state index is 11.9. The third-order valence-electron chi connectivity index (χ3n) is 3.46. The minimum absolute atomic E-state index is 0.0650. The van der Waals surface area contributed by atoms with Gasteiger partial charge in [-0.1, -0.05) is 0 Å². The Labute approximate surface area is 130 Å². The molecular weight excluding hydrogens is 310 g/mol. The monoisotopic (exact) mass is 333 g/mol. The highest BCUT2D eigenvalue weighted by molar-refractivity contribution is 7.89. The minimum atomic E-state index is -3.56. The summed E-state index contributed by atoms with van der Waals surface area (Å²) in [5.74, 6) is -0.960. The van der Waals surface area contributed by atoms with Crippen LogP contribution in [0.5, 0.6) is 0 Å². The lowest BCUT2D eigenvalue weighted by atomic mass is 9.85. The van der Waals surface area contributed by atoms with Crippen LogP contribution in [0.15, 0.2) is 0 Å². The topological polar surface area (TPSA) is 121 Å². The molecule has 1 fully saturated rings. The summed E-state index contributed by atoms with van der Waals surface area (Å²) in [6, 6.07) is 0.127. The molecule has 0 aromatic carbocycles. The fourth-order valence-electron chi connectivity index (χ4n) is 2.49. The zero-order chi connectivity index (χ0) is 16.8.